The third-order valence-corrected chi connectivity index (χ3v) is 25.3. The molecule has 13 heterocycles. The molecule has 140 heavy (non-hydrogen) atoms. The first-order valence-corrected chi connectivity index (χ1v) is 46.9. The fraction of sp³-hybridized carbons (Fsp3) is 0.606. The van der Waals surface area contributed by atoms with Crippen molar-refractivity contribution in [2.75, 3.05) is 158 Å². The number of amides is 6. The molecule has 2 aromatic carbocycles. The van der Waals surface area contributed by atoms with Crippen molar-refractivity contribution in [3.8, 4) is 34.3 Å². The number of likely N-dealkylation sites (tertiary alicyclic amines) is 5. The molecule has 0 radical (unpaired) electrons. The Balaban J connectivity index is 0.000000268. The first kappa shape index (κ1) is 114. The van der Waals surface area contributed by atoms with Gasteiger partial charge in [-0.2, -0.15) is 13.2 Å². The number of carbonyl (C=O) groups excluding carboxylic acids is 11. The van der Waals surface area contributed by atoms with Gasteiger partial charge in [0.2, 0.25) is 23.0 Å². The van der Waals surface area contributed by atoms with E-state index in [0.717, 1.165) is 84.9 Å². The van der Waals surface area contributed by atoms with Crippen LogP contribution in [0.1, 0.15) is 213 Å². The molecule has 6 amide bonds. The summed E-state index contributed by atoms with van der Waals surface area (Å²) in [5.41, 5.74) is 8.39. The van der Waals surface area contributed by atoms with E-state index in [1.54, 1.807) is 68.4 Å². The molecule has 41 heteroatoms. The number of nitrogens with zero attached hydrogens (tertiary/aromatic N) is 9. The van der Waals surface area contributed by atoms with Crippen molar-refractivity contribution in [2.24, 2.45) is 5.73 Å². The second-order valence-corrected chi connectivity index (χ2v) is 33.8. The quantitative estimate of drug-likeness (QED) is 0.0167. The summed E-state index contributed by atoms with van der Waals surface area (Å²) in [7, 11) is 0. The van der Waals surface area contributed by atoms with Gasteiger partial charge in [0.1, 0.15) is 51.1 Å². The van der Waals surface area contributed by atoms with Crippen molar-refractivity contribution in [3.05, 3.63) is 114 Å². The lowest BCUT2D eigenvalue weighted by atomic mass is 9.85. The van der Waals surface area contributed by atoms with Gasteiger partial charge in [0.15, 0.2) is 5.78 Å². The molecule has 38 nitrogen and oxygen atoms in total. The Morgan fingerprint density at radius 3 is 1.28 bits per heavy atom. The fourth-order valence-corrected chi connectivity index (χ4v) is 18.4. The number of fused-ring (bicyclic) bond motifs is 10. The largest absolute Gasteiger partial charge is 0.509 e. The van der Waals surface area contributed by atoms with E-state index in [2.05, 4.69) is 9.80 Å². The number of aryl methyl sites for hydroxylation is 2. The third-order valence-electron chi connectivity index (χ3n) is 25.3. The van der Waals surface area contributed by atoms with E-state index in [1.807, 2.05) is 45.9 Å². The van der Waals surface area contributed by atoms with Crippen LogP contribution < -0.4 is 31.6 Å². The number of halogens is 3. The minimum atomic E-state index is -5.02. The van der Waals surface area contributed by atoms with Crippen LogP contribution in [-0.2, 0) is 141 Å². The number of piperidine rings is 4. The molecule has 2 atom stereocenters. The van der Waals surface area contributed by atoms with Crippen LogP contribution in [-0.4, -0.2) is 286 Å². The molecule has 772 valence electrons. The maximum atomic E-state index is 14.1. The Hall–Kier alpha value is -11.4. The first-order valence-electron chi connectivity index (χ1n) is 46.9. The number of nitrogens with two attached hydrogens (primary N) is 1. The second kappa shape index (κ2) is 53.4. The summed E-state index contributed by atoms with van der Waals surface area (Å²) in [5, 5.41) is 3.27. The van der Waals surface area contributed by atoms with E-state index in [4.69, 9.17) is 82.0 Å². The highest BCUT2D eigenvalue weighted by Crippen LogP contribution is 2.46. The van der Waals surface area contributed by atoms with Crippen LogP contribution in [0.15, 0.2) is 58.1 Å². The average molecular weight is 1970 g/mol. The number of cyclic esters (lactones) is 2. The van der Waals surface area contributed by atoms with Gasteiger partial charge in [0, 0.05) is 110 Å². The molecule has 0 aliphatic carbocycles. The van der Waals surface area contributed by atoms with Crippen molar-refractivity contribution >= 4 is 87.7 Å². The van der Waals surface area contributed by atoms with Gasteiger partial charge in [0.25, 0.3) is 17.0 Å². The summed E-state index contributed by atoms with van der Waals surface area (Å²) in [6, 6.07) is 15.1. The molecular formula is C99H138F3N11O27. The average Bonchev–Trinajstić information content (AvgIpc) is 1.54. The number of hydrogen-bond acceptors (Lipinski definition) is 32. The van der Waals surface area contributed by atoms with Crippen LogP contribution in [0.25, 0.3) is 44.6 Å². The zero-order valence-corrected chi connectivity index (χ0v) is 78.1. The lowest BCUT2D eigenvalue weighted by Crippen LogP contribution is -2.48. The van der Waals surface area contributed by atoms with E-state index in [9.17, 15) is 75.5 Å². The van der Waals surface area contributed by atoms with Crippen molar-refractivity contribution in [1.29, 1.82) is 0 Å². The highest BCUT2D eigenvalue weighted by molar-refractivity contribution is 6.15. The fourth-order valence-electron chi connectivity index (χ4n) is 18.4. The van der Waals surface area contributed by atoms with Gasteiger partial charge in [-0.25, -0.2) is 43.6 Å². The van der Waals surface area contributed by atoms with E-state index in [0.29, 0.717) is 147 Å². The standard InChI is InChI=1S/C40H46F3N5O10.C38H47N5O9.C10H15NO5.C7H14O3.4CH4/c1-3-26-27-20-25(57-37(52)47-15-10-24(11-16-47)46-13-6-5-7-14-46)8-9-31(27)45-33-28(26)22-48-32(33)21-30-29(34(48)49)23-56-36(51)39(30,4-2)58-38(53)55-19-18-54-17-12-44-35(50)40(41,42)43;1-3-26-27-20-25(51-36(46)42-15-10-24(11-16-42)41-13-6-5-7-14-41)8-9-31(27)40-33-28(26)22-43-32(33)21-30-29(34(43)44)23-50-35(45)38(30,4-2)52-37(47)49-19-18-48-17-12-39;1-2-15-5-6-16-7-10(14)11-8(12)3-4-9(11)13;1-3-9-4-5-10-6-7(2)8;;;;/h8-9,20-21,24H,3-7,10-19,22-23H2,1-2H3,(H,44,50);8-9,20-21,24H,3-7,10-19,22-23,39H2,1-2H3;2-7H2,1H3;3-6H2,1-2H3;4*1H4/t39-;38-;;;;;;/m00....../s1. The number of ketones is 1. The van der Waals surface area contributed by atoms with Gasteiger partial charge in [-0.1, -0.05) is 70.2 Å². The lowest BCUT2D eigenvalue weighted by molar-refractivity contribution is -0.176. The number of aromatic nitrogens is 4. The molecule has 0 saturated carbocycles. The molecule has 0 spiro atoms. The number of imide groups is 3. The molecular weight excluding hydrogens is 1830 g/mol. The van der Waals surface area contributed by atoms with Gasteiger partial charge < -0.3 is 106 Å². The predicted molar refractivity (Wildman–Crippen MR) is 508 cm³/mol. The van der Waals surface area contributed by atoms with E-state index in [1.165, 1.54) is 45.4 Å². The third kappa shape index (κ3) is 27.3. The van der Waals surface area contributed by atoms with Gasteiger partial charge in [0.05, 0.1) is 111 Å². The van der Waals surface area contributed by atoms with Crippen LogP contribution >= 0.6 is 0 Å². The van der Waals surface area contributed by atoms with Gasteiger partial charge >= 0.3 is 48.5 Å². The minimum Gasteiger partial charge on any atom is -0.457 e. The van der Waals surface area contributed by atoms with Crippen molar-refractivity contribution in [3.63, 3.8) is 0 Å². The molecule has 6 aromatic rings. The SMILES string of the molecule is C.C.C.C.CCOCCOCC(=O)N1C(=O)CCC1=O.CCOCCOCC(C)=O.CCc1c2c(nc3ccc(OC(=O)N4CCC(N5CCCCC5)CC4)cc13)-c1cc3c(c(=O)n1C2)COC(=O)[C@@]3(CC)OC(=O)OCCOCCN.CCc1c2c(nc3ccc(OC(=O)N4CCC(N5CCCCC5)CC4)cc13)-c1cc3c(c(=O)n1C2)COC(=O)[C@@]3(CC)OC(=O)OCCOCCNC(=O)C(F)(F)F. The summed E-state index contributed by atoms with van der Waals surface area (Å²) in [5.74, 6) is -4.38. The number of ether oxygens (including phenoxy) is 14. The molecule has 9 aliphatic rings. The molecule has 9 aliphatic heterocycles. The lowest BCUT2D eigenvalue weighted by Gasteiger charge is -2.39. The van der Waals surface area contributed by atoms with Gasteiger partial charge in [-0.05, 0) is 184 Å². The summed E-state index contributed by atoms with van der Waals surface area (Å²) >= 11 is 0. The van der Waals surface area contributed by atoms with Crippen LogP contribution in [0.5, 0.6) is 11.5 Å². The van der Waals surface area contributed by atoms with E-state index < -0.39 is 83.5 Å². The normalized spacial score (nSPS) is 18.1. The summed E-state index contributed by atoms with van der Waals surface area (Å²) in [6.07, 6.45) is 4.52. The highest BCUT2D eigenvalue weighted by Gasteiger charge is 2.53. The highest BCUT2D eigenvalue weighted by atomic mass is 19.4. The van der Waals surface area contributed by atoms with Crippen molar-refractivity contribution in [1.82, 2.24) is 48.9 Å². The number of hydrogen-bond donors (Lipinski definition) is 2. The Bertz CT molecular complexity index is 5440. The second-order valence-electron chi connectivity index (χ2n) is 33.8. The van der Waals surface area contributed by atoms with Crippen LogP contribution in [0.4, 0.5) is 32.3 Å². The number of rotatable bonds is 33. The molecule has 3 N–H and O–H groups in total. The zero-order chi connectivity index (χ0) is 97.4. The predicted octanol–water partition coefficient (Wildman–Crippen LogP) is 12.1. The number of alkyl halides is 3. The monoisotopic (exact) mass is 1970 g/mol. The first-order chi connectivity index (χ1) is 65.5. The molecule has 5 fully saturated rings. The number of carbonyl (C=O) groups is 11. The van der Waals surface area contributed by atoms with Gasteiger partial charge in [-0.3, -0.25) is 33.6 Å². The number of esters is 2. The van der Waals surface area contributed by atoms with Gasteiger partial charge in [-0.15, -0.1) is 0 Å². The molecule has 5 saturated heterocycles. The van der Waals surface area contributed by atoms with Crippen molar-refractivity contribution in [2.45, 2.75) is 237 Å². The molecule has 0 bridgehead atoms. The summed E-state index contributed by atoms with van der Waals surface area (Å²) in [4.78, 5) is 181. The van der Waals surface area contributed by atoms with E-state index >= 15 is 0 Å². The number of nitrogens with one attached hydrogen (secondary N) is 1. The zero-order valence-electron chi connectivity index (χ0n) is 78.1. The minimum absolute atomic E-state index is 0. The number of pyridine rings is 4. The number of benzene rings is 2. The summed E-state index contributed by atoms with van der Waals surface area (Å²) < 4.78 is 115. The Morgan fingerprint density at radius 1 is 0.493 bits per heavy atom. The van der Waals surface area contributed by atoms with Crippen LogP contribution in [0.2, 0.25) is 0 Å². The Kier molecular flexibility index (Phi) is 43.4. The Labute approximate surface area is 813 Å². The topological polar surface area (TPSA) is 441 Å². The maximum Gasteiger partial charge on any atom is 0.509 e. The van der Waals surface area contributed by atoms with Crippen LogP contribution in [0, 0.1) is 0 Å². The summed E-state index contributed by atoms with van der Waals surface area (Å²) in [6.45, 7) is 21.9. The molecule has 4 aromatic heterocycles. The molecule has 0 unspecified atom stereocenters. The Morgan fingerprint density at radius 2 is 0.893 bits per heavy atom. The van der Waals surface area contributed by atoms with Crippen molar-refractivity contribution < 1.29 is 132 Å². The molecule has 15 rings (SSSR count). The number of Topliss-reactive ketones (excluding diaryl/α,β-unsaturated/α-hetero) is 1. The van der Waals surface area contributed by atoms with E-state index in [-0.39, 0.29) is 174 Å². The smallest absolute Gasteiger partial charge is 0.457 e. The van der Waals surface area contributed by atoms with Crippen LogP contribution in [0.3, 0.4) is 0 Å². The maximum absolute atomic E-state index is 14.1.